The molecule has 1 aromatic carbocycles. The fourth-order valence-corrected chi connectivity index (χ4v) is 1.78. The number of hydrogen-bond donors (Lipinski definition) is 1. The van der Waals surface area contributed by atoms with Crippen LogP contribution >= 0.6 is 0 Å². The minimum atomic E-state index is 0.148. The molecule has 2 heteroatoms. The van der Waals surface area contributed by atoms with Crippen LogP contribution in [0.25, 0.3) is 0 Å². The Kier molecular flexibility index (Phi) is 2.23. The van der Waals surface area contributed by atoms with Gasteiger partial charge in [-0.1, -0.05) is 25.1 Å². The molecule has 0 bridgehead atoms. The molecule has 0 amide bonds. The van der Waals surface area contributed by atoms with E-state index in [1.54, 1.807) is 0 Å². The van der Waals surface area contributed by atoms with Gasteiger partial charge in [0.1, 0.15) is 11.9 Å². The third kappa shape index (κ3) is 1.54. The van der Waals surface area contributed by atoms with Crippen molar-refractivity contribution in [2.75, 3.05) is 0 Å². The number of fused-ring (bicyclic) bond motifs is 1. The van der Waals surface area contributed by atoms with Gasteiger partial charge in [-0.2, -0.15) is 0 Å². The molecule has 0 saturated heterocycles. The Bertz CT molecular complexity index is 298. The Labute approximate surface area is 78.7 Å². The molecule has 13 heavy (non-hydrogen) atoms. The van der Waals surface area contributed by atoms with Crippen molar-refractivity contribution in [3.63, 3.8) is 0 Å². The normalized spacial score (nSPS) is 26.3. The van der Waals surface area contributed by atoms with Gasteiger partial charge in [0.15, 0.2) is 0 Å². The molecular formula is C11H15NO. The van der Waals surface area contributed by atoms with Gasteiger partial charge in [0, 0.05) is 18.0 Å². The van der Waals surface area contributed by atoms with Crippen LogP contribution in [0.5, 0.6) is 5.75 Å². The van der Waals surface area contributed by atoms with E-state index in [2.05, 4.69) is 6.92 Å². The van der Waals surface area contributed by atoms with E-state index in [9.17, 15) is 0 Å². The summed E-state index contributed by atoms with van der Waals surface area (Å²) in [6.07, 6.45) is 2.26. The molecule has 0 saturated carbocycles. The number of hydrogen-bond acceptors (Lipinski definition) is 2. The molecule has 0 aliphatic carbocycles. The fraction of sp³-hybridized carbons (Fsp3) is 0.455. The molecule has 2 nitrogen and oxygen atoms in total. The molecule has 2 N–H and O–H groups in total. The number of nitrogens with two attached hydrogens (primary N) is 1. The maximum atomic E-state index is 6.03. The van der Waals surface area contributed by atoms with Gasteiger partial charge in [0.05, 0.1) is 0 Å². The van der Waals surface area contributed by atoms with Crippen LogP contribution in [0.3, 0.4) is 0 Å². The van der Waals surface area contributed by atoms with Gasteiger partial charge in [-0.25, -0.2) is 0 Å². The second kappa shape index (κ2) is 3.38. The molecule has 1 aliphatic heterocycles. The highest BCUT2D eigenvalue weighted by Gasteiger charge is 2.23. The second-order valence-corrected chi connectivity index (χ2v) is 3.53. The lowest BCUT2D eigenvalue weighted by atomic mass is 9.96. The third-order valence-corrected chi connectivity index (χ3v) is 2.58. The van der Waals surface area contributed by atoms with Crippen LogP contribution in [0.4, 0.5) is 0 Å². The van der Waals surface area contributed by atoms with Gasteiger partial charge in [-0.05, 0) is 12.5 Å². The Hall–Kier alpha value is -1.02. The van der Waals surface area contributed by atoms with E-state index in [0.717, 1.165) is 24.2 Å². The Balaban J connectivity index is 2.31. The van der Waals surface area contributed by atoms with Crippen LogP contribution in [-0.2, 0) is 0 Å². The first kappa shape index (κ1) is 8.57. The molecule has 1 aromatic rings. The zero-order chi connectivity index (χ0) is 9.26. The topological polar surface area (TPSA) is 35.2 Å². The van der Waals surface area contributed by atoms with Crippen molar-refractivity contribution in [3.05, 3.63) is 29.8 Å². The molecule has 0 spiro atoms. The van der Waals surface area contributed by atoms with Crippen LogP contribution in [-0.4, -0.2) is 6.10 Å². The SMILES string of the molecule is CC[C@H]1C[C@H](N)c2ccccc2O1. The number of benzene rings is 1. The molecule has 0 radical (unpaired) electrons. The monoisotopic (exact) mass is 177 g/mol. The number of ether oxygens (including phenoxy) is 1. The van der Waals surface area contributed by atoms with Gasteiger partial charge < -0.3 is 10.5 Å². The highest BCUT2D eigenvalue weighted by molar-refractivity contribution is 5.37. The van der Waals surface area contributed by atoms with Crippen LogP contribution in [0.15, 0.2) is 24.3 Å². The molecule has 0 aromatic heterocycles. The van der Waals surface area contributed by atoms with Crippen LogP contribution in [0, 0.1) is 0 Å². The summed E-state index contributed by atoms with van der Waals surface area (Å²) < 4.78 is 5.77. The summed E-state index contributed by atoms with van der Waals surface area (Å²) in [5.41, 5.74) is 7.18. The molecule has 1 aliphatic rings. The molecule has 0 fully saturated rings. The lowest BCUT2D eigenvalue weighted by Gasteiger charge is -2.29. The fourth-order valence-electron chi connectivity index (χ4n) is 1.78. The van der Waals surface area contributed by atoms with Gasteiger partial charge in [0.2, 0.25) is 0 Å². The predicted molar refractivity (Wildman–Crippen MR) is 52.7 cm³/mol. The standard InChI is InChI=1S/C11H15NO/c1-2-8-7-10(12)9-5-3-4-6-11(9)13-8/h3-6,8,10H,2,7,12H2,1H3/t8-,10-/m0/s1. The van der Waals surface area contributed by atoms with Crippen molar-refractivity contribution in [2.45, 2.75) is 31.9 Å². The zero-order valence-electron chi connectivity index (χ0n) is 7.86. The summed E-state index contributed by atoms with van der Waals surface area (Å²) in [4.78, 5) is 0. The number of rotatable bonds is 1. The minimum absolute atomic E-state index is 0.148. The molecule has 1 heterocycles. The summed E-state index contributed by atoms with van der Waals surface area (Å²) in [7, 11) is 0. The zero-order valence-corrected chi connectivity index (χ0v) is 7.86. The third-order valence-electron chi connectivity index (χ3n) is 2.58. The van der Waals surface area contributed by atoms with E-state index in [0.29, 0.717) is 6.10 Å². The molecule has 70 valence electrons. The van der Waals surface area contributed by atoms with Gasteiger partial charge in [-0.3, -0.25) is 0 Å². The number of para-hydroxylation sites is 1. The van der Waals surface area contributed by atoms with Crippen molar-refractivity contribution in [3.8, 4) is 5.75 Å². The Morgan fingerprint density at radius 3 is 3.00 bits per heavy atom. The van der Waals surface area contributed by atoms with Crippen LogP contribution in [0.1, 0.15) is 31.4 Å². The molecule has 2 atom stereocenters. The molecule has 0 unspecified atom stereocenters. The Morgan fingerprint density at radius 2 is 2.23 bits per heavy atom. The van der Waals surface area contributed by atoms with E-state index in [1.165, 1.54) is 0 Å². The van der Waals surface area contributed by atoms with Crippen LogP contribution < -0.4 is 10.5 Å². The summed E-state index contributed by atoms with van der Waals surface area (Å²) in [5.74, 6) is 0.966. The highest BCUT2D eigenvalue weighted by atomic mass is 16.5. The molecular weight excluding hydrogens is 162 g/mol. The van der Waals surface area contributed by atoms with E-state index in [1.807, 2.05) is 24.3 Å². The first-order valence-electron chi connectivity index (χ1n) is 4.82. The van der Waals surface area contributed by atoms with E-state index < -0.39 is 0 Å². The largest absolute Gasteiger partial charge is 0.490 e. The summed E-state index contributed by atoms with van der Waals surface area (Å²) in [6, 6.07) is 8.19. The van der Waals surface area contributed by atoms with Crippen molar-refractivity contribution < 1.29 is 4.74 Å². The highest BCUT2D eigenvalue weighted by Crippen LogP contribution is 2.33. The lowest BCUT2D eigenvalue weighted by molar-refractivity contribution is 0.155. The van der Waals surface area contributed by atoms with Crippen molar-refractivity contribution in [1.82, 2.24) is 0 Å². The Morgan fingerprint density at radius 1 is 1.46 bits per heavy atom. The lowest BCUT2D eigenvalue weighted by Crippen LogP contribution is -2.28. The summed E-state index contributed by atoms with van der Waals surface area (Å²) in [6.45, 7) is 2.13. The molecule has 2 rings (SSSR count). The average molecular weight is 177 g/mol. The van der Waals surface area contributed by atoms with E-state index in [-0.39, 0.29) is 6.04 Å². The van der Waals surface area contributed by atoms with Crippen molar-refractivity contribution >= 4 is 0 Å². The average Bonchev–Trinajstić information content (AvgIpc) is 2.18. The second-order valence-electron chi connectivity index (χ2n) is 3.53. The van der Waals surface area contributed by atoms with E-state index in [4.69, 9.17) is 10.5 Å². The predicted octanol–water partition coefficient (Wildman–Crippen LogP) is 2.25. The van der Waals surface area contributed by atoms with Gasteiger partial charge in [0.25, 0.3) is 0 Å². The smallest absolute Gasteiger partial charge is 0.124 e. The first-order valence-corrected chi connectivity index (χ1v) is 4.82. The minimum Gasteiger partial charge on any atom is -0.490 e. The maximum absolute atomic E-state index is 6.03. The quantitative estimate of drug-likeness (QED) is 0.714. The summed E-state index contributed by atoms with van der Waals surface area (Å²) >= 11 is 0. The van der Waals surface area contributed by atoms with E-state index >= 15 is 0 Å². The van der Waals surface area contributed by atoms with Crippen molar-refractivity contribution in [1.29, 1.82) is 0 Å². The summed E-state index contributed by atoms with van der Waals surface area (Å²) in [5, 5.41) is 0. The first-order chi connectivity index (χ1) is 6.31. The maximum Gasteiger partial charge on any atom is 0.124 e. The van der Waals surface area contributed by atoms with Crippen molar-refractivity contribution in [2.24, 2.45) is 5.73 Å². The van der Waals surface area contributed by atoms with Crippen LogP contribution in [0.2, 0.25) is 0 Å². The van der Waals surface area contributed by atoms with Gasteiger partial charge >= 0.3 is 0 Å². The van der Waals surface area contributed by atoms with Gasteiger partial charge in [-0.15, -0.1) is 0 Å².